The number of ether oxygens (including phenoxy) is 4. The van der Waals surface area contributed by atoms with Gasteiger partial charge in [0.05, 0.1) is 26.2 Å². The lowest BCUT2D eigenvalue weighted by Crippen LogP contribution is -2.39. The van der Waals surface area contributed by atoms with Gasteiger partial charge in [-0.2, -0.15) is 0 Å². The summed E-state index contributed by atoms with van der Waals surface area (Å²) in [4.78, 5) is 40.1. The molecule has 0 bridgehead atoms. The highest BCUT2D eigenvalue weighted by atomic mass is 16.7. The first kappa shape index (κ1) is 52.2. The van der Waals surface area contributed by atoms with E-state index in [2.05, 4.69) is 25.7 Å². The molecule has 0 spiro atoms. The molecule has 0 saturated heterocycles. The van der Waals surface area contributed by atoms with Crippen LogP contribution < -0.4 is 0 Å². The van der Waals surface area contributed by atoms with Crippen LogP contribution in [0.25, 0.3) is 0 Å². The lowest BCUT2D eigenvalue weighted by atomic mass is 9.86. The number of rotatable bonds is 41. The Kier molecular flexibility index (Phi) is 38.1. The van der Waals surface area contributed by atoms with E-state index in [9.17, 15) is 14.4 Å². The molecule has 320 valence electrons. The molecule has 8 heteroatoms. The number of carbonyl (C=O) groups excluding carboxylic acids is 3. The van der Waals surface area contributed by atoms with E-state index in [0.29, 0.717) is 39.1 Å². The summed E-state index contributed by atoms with van der Waals surface area (Å²) in [5.74, 6) is -0.289. The predicted molar refractivity (Wildman–Crippen MR) is 225 cm³/mol. The molecule has 0 amide bonds. The molecule has 0 aromatic heterocycles. The molecule has 0 heterocycles. The molecule has 0 aliphatic carbocycles. The zero-order chi connectivity index (χ0) is 39.8. The Morgan fingerprint density at radius 2 is 0.796 bits per heavy atom. The van der Waals surface area contributed by atoms with Crippen LogP contribution in [0, 0.1) is 0 Å². The van der Waals surface area contributed by atoms with E-state index in [0.717, 1.165) is 83.6 Å². The average molecular weight is 768 g/mol. The van der Waals surface area contributed by atoms with Crippen molar-refractivity contribution in [3.05, 3.63) is 0 Å². The summed E-state index contributed by atoms with van der Waals surface area (Å²) >= 11 is 0. The van der Waals surface area contributed by atoms with Crippen molar-refractivity contribution in [1.29, 1.82) is 0 Å². The topological polar surface area (TPSA) is 91.4 Å². The van der Waals surface area contributed by atoms with Crippen molar-refractivity contribution in [2.24, 2.45) is 0 Å². The molecular weight excluding hydrogens is 679 g/mol. The Morgan fingerprint density at radius 3 is 1.24 bits per heavy atom. The van der Waals surface area contributed by atoms with Crippen LogP contribution in [0.15, 0.2) is 0 Å². The maximum absolute atomic E-state index is 13.3. The van der Waals surface area contributed by atoms with Gasteiger partial charge in [0.2, 0.25) is 0 Å². The number of nitrogens with zero attached hydrogens (tertiary/aromatic N) is 1. The van der Waals surface area contributed by atoms with Gasteiger partial charge in [-0.3, -0.25) is 9.59 Å². The third kappa shape index (κ3) is 35.8. The first-order chi connectivity index (χ1) is 26.3. The van der Waals surface area contributed by atoms with Crippen LogP contribution in [0.1, 0.15) is 233 Å². The fourth-order valence-electron chi connectivity index (χ4n) is 7.06. The van der Waals surface area contributed by atoms with Crippen LogP contribution >= 0.6 is 0 Å². The van der Waals surface area contributed by atoms with Crippen LogP contribution in [0.4, 0.5) is 4.79 Å². The molecule has 0 aliphatic rings. The Morgan fingerprint density at radius 1 is 0.426 bits per heavy atom. The summed E-state index contributed by atoms with van der Waals surface area (Å²) in [7, 11) is 4.00. The first-order valence-corrected chi connectivity index (χ1v) is 23.1. The molecule has 0 fully saturated rings. The Hall–Kier alpha value is -1.83. The van der Waals surface area contributed by atoms with Gasteiger partial charge in [-0.15, -0.1) is 0 Å². The van der Waals surface area contributed by atoms with E-state index < -0.39 is 11.8 Å². The summed E-state index contributed by atoms with van der Waals surface area (Å²) in [6, 6.07) is 0. The van der Waals surface area contributed by atoms with Gasteiger partial charge in [0.15, 0.2) is 0 Å². The van der Waals surface area contributed by atoms with E-state index in [1.807, 2.05) is 14.1 Å². The largest absolute Gasteiger partial charge is 0.508 e. The van der Waals surface area contributed by atoms with Crippen molar-refractivity contribution in [3.63, 3.8) is 0 Å². The van der Waals surface area contributed by atoms with Crippen LogP contribution in [-0.4, -0.2) is 69.1 Å². The van der Waals surface area contributed by atoms with Crippen LogP contribution in [0.5, 0.6) is 0 Å². The van der Waals surface area contributed by atoms with Crippen molar-refractivity contribution in [1.82, 2.24) is 4.90 Å². The monoisotopic (exact) mass is 768 g/mol. The highest BCUT2D eigenvalue weighted by Gasteiger charge is 2.37. The molecule has 54 heavy (non-hydrogen) atoms. The fraction of sp³-hybridized carbons (Fsp3) is 0.935. The molecule has 0 aromatic carbocycles. The first-order valence-electron chi connectivity index (χ1n) is 23.1. The standard InChI is InChI=1S/C46H89NO7/c1-6-9-12-15-25-30-36-46(37-31-26-16-13-10-7-2,54-45(50)53-41-34-38-47(4)5)42-44(49)52-40-33-28-23-21-19-17-18-20-22-27-32-39-51-43(48)35-29-24-14-11-8-3/h6-42H2,1-5H3. The van der Waals surface area contributed by atoms with Crippen molar-refractivity contribution in [3.8, 4) is 0 Å². The van der Waals surface area contributed by atoms with Crippen molar-refractivity contribution < 1.29 is 33.3 Å². The molecule has 0 N–H and O–H groups in total. The molecule has 0 atom stereocenters. The van der Waals surface area contributed by atoms with Gasteiger partial charge >= 0.3 is 18.1 Å². The second-order valence-corrected chi connectivity index (χ2v) is 16.2. The summed E-state index contributed by atoms with van der Waals surface area (Å²) in [5.41, 5.74) is -0.870. The normalized spacial score (nSPS) is 11.6. The molecule has 0 radical (unpaired) electrons. The van der Waals surface area contributed by atoms with Crippen molar-refractivity contribution in [2.45, 2.75) is 238 Å². The number of carbonyl (C=O) groups is 3. The summed E-state index contributed by atoms with van der Waals surface area (Å²) in [5, 5.41) is 0. The third-order valence-electron chi connectivity index (χ3n) is 10.5. The second-order valence-electron chi connectivity index (χ2n) is 16.2. The van der Waals surface area contributed by atoms with E-state index in [1.165, 1.54) is 109 Å². The lowest BCUT2D eigenvalue weighted by molar-refractivity contribution is -0.151. The molecule has 0 rings (SSSR count). The molecule has 0 aromatic rings. The van der Waals surface area contributed by atoms with Gasteiger partial charge in [-0.1, -0.05) is 168 Å². The smallest absolute Gasteiger partial charge is 0.466 e. The number of hydrogen-bond donors (Lipinski definition) is 0. The summed E-state index contributed by atoms with van der Waals surface area (Å²) in [6.07, 6.45) is 34.2. The van der Waals surface area contributed by atoms with E-state index >= 15 is 0 Å². The Labute approximate surface area is 334 Å². The average Bonchev–Trinajstić information content (AvgIpc) is 3.14. The van der Waals surface area contributed by atoms with Crippen LogP contribution in [0.2, 0.25) is 0 Å². The van der Waals surface area contributed by atoms with Crippen molar-refractivity contribution in [2.75, 3.05) is 40.5 Å². The quantitative estimate of drug-likeness (QED) is 0.0345. The number of hydrogen-bond acceptors (Lipinski definition) is 8. The lowest BCUT2D eigenvalue weighted by Gasteiger charge is -2.33. The fourth-order valence-corrected chi connectivity index (χ4v) is 7.06. The summed E-state index contributed by atoms with van der Waals surface area (Å²) in [6.45, 7) is 8.79. The minimum atomic E-state index is -0.870. The minimum Gasteiger partial charge on any atom is -0.466 e. The van der Waals surface area contributed by atoms with Gasteiger partial charge in [0.1, 0.15) is 5.60 Å². The molecule has 0 unspecified atom stereocenters. The second kappa shape index (κ2) is 39.4. The van der Waals surface area contributed by atoms with Gasteiger partial charge in [0, 0.05) is 13.0 Å². The maximum atomic E-state index is 13.3. The van der Waals surface area contributed by atoms with E-state index in [1.54, 1.807) is 0 Å². The zero-order valence-electron chi connectivity index (χ0n) is 36.5. The third-order valence-corrected chi connectivity index (χ3v) is 10.5. The van der Waals surface area contributed by atoms with Crippen molar-refractivity contribution >= 4 is 18.1 Å². The van der Waals surface area contributed by atoms with E-state index in [-0.39, 0.29) is 18.4 Å². The van der Waals surface area contributed by atoms with Gasteiger partial charge in [-0.05, 0) is 65.5 Å². The summed E-state index contributed by atoms with van der Waals surface area (Å²) < 4.78 is 22.8. The molecule has 0 saturated carbocycles. The Balaban J connectivity index is 4.50. The van der Waals surface area contributed by atoms with Crippen LogP contribution in [0.3, 0.4) is 0 Å². The molecule has 0 aliphatic heterocycles. The van der Waals surface area contributed by atoms with Gasteiger partial charge < -0.3 is 23.8 Å². The van der Waals surface area contributed by atoms with Crippen LogP contribution in [-0.2, 0) is 28.5 Å². The van der Waals surface area contributed by atoms with E-state index in [4.69, 9.17) is 18.9 Å². The minimum absolute atomic E-state index is 0.0281. The molecular formula is C46H89NO7. The Bertz CT molecular complexity index is 833. The SMILES string of the molecule is CCCCCCCCC(CCCCCCCC)(CC(=O)OCCCCCCCCCCCCCOC(=O)CCCCCCC)OC(=O)OCCCN(C)C. The maximum Gasteiger partial charge on any atom is 0.508 e. The highest BCUT2D eigenvalue weighted by molar-refractivity contribution is 5.71. The highest BCUT2D eigenvalue weighted by Crippen LogP contribution is 2.32. The molecule has 8 nitrogen and oxygen atoms in total. The number of unbranched alkanes of at least 4 members (excludes halogenated alkanes) is 24. The number of esters is 2. The zero-order valence-corrected chi connectivity index (χ0v) is 36.5. The van der Waals surface area contributed by atoms with Gasteiger partial charge in [-0.25, -0.2) is 4.79 Å². The van der Waals surface area contributed by atoms with Gasteiger partial charge in [0.25, 0.3) is 0 Å². The predicted octanol–water partition coefficient (Wildman–Crippen LogP) is 13.5.